The van der Waals surface area contributed by atoms with Crippen molar-refractivity contribution in [1.29, 1.82) is 0 Å². The molecular weight excluding hydrogens is 328 g/mol. The molecule has 2 aromatic heterocycles. The summed E-state index contributed by atoms with van der Waals surface area (Å²) in [5.74, 6) is 0.0539. The number of aromatic nitrogens is 1. The number of rotatable bonds is 7. The fourth-order valence-electron chi connectivity index (χ4n) is 2.88. The Kier molecular flexibility index (Phi) is 5.51. The molecule has 128 valence electrons. The molecule has 1 aromatic carbocycles. The third-order valence-corrected chi connectivity index (χ3v) is 4.94. The summed E-state index contributed by atoms with van der Waals surface area (Å²) in [6.45, 7) is 7.81. The van der Waals surface area contributed by atoms with E-state index in [1.54, 1.807) is 6.08 Å². The van der Waals surface area contributed by atoms with Crippen molar-refractivity contribution < 1.29 is 4.79 Å². The van der Waals surface area contributed by atoms with E-state index < -0.39 is 0 Å². The van der Waals surface area contributed by atoms with Gasteiger partial charge in [-0.25, -0.2) is 0 Å². The smallest absolute Gasteiger partial charge is 0.264 e. The fourth-order valence-corrected chi connectivity index (χ4v) is 3.57. The summed E-state index contributed by atoms with van der Waals surface area (Å²) < 4.78 is 2.20. The van der Waals surface area contributed by atoms with Crippen LogP contribution in [0.4, 0.5) is 0 Å². The Morgan fingerprint density at radius 3 is 2.84 bits per heavy atom. The van der Waals surface area contributed by atoms with Crippen molar-refractivity contribution in [3.05, 3.63) is 94.5 Å². The zero-order valence-electron chi connectivity index (χ0n) is 14.4. The van der Waals surface area contributed by atoms with Gasteiger partial charge in [0.15, 0.2) is 0 Å². The van der Waals surface area contributed by atoms with Gasteiger partial charge in [-0.1, -0.05) is 42.0 Å². The number of benzene rings is 1. The van der Waals surface area contributed by atoms with Crippen molar-refractivity contribution in [1.82, 2.24) is 9.47 Å². The van der Waals surface area contributed by atoms with Crippen LogP contribution in [0, 0.1) is 6.92 Å². The van der Waals surface area contributed by atoms with Gasteiger partial charge in [0.25, 0.3) is 5.91 Å². The average molecular weight is 350 g/mol. The van der Waals surface area contributed by atoms with E-state index in [1.807, 2.05) is 28.5 Å². The van der Waals surface area contributed by atoms with Crippen LogP contribution in [-0.4, -0.2) is 21.9 Å². The summed E-state index contributed by atoms with van der Waals surface area (Å²) in [4.78, 5) is 15.3. The van der Waals surface area contributed by atoms with Gasteiger partial charge in [-0.2, -0.15) is 0 Å². The van der Waals surface area contributed by atoms with E-state index in [1.165, 1.54) is 22.5 Å². The van der Waals surface area contributed by atoms with Crippen molar-refractivity contribution in [3.8, 4) is 0 Å². The Labute approximate surface area is 152 Å². The molecule has 3 rings (SSSR count). The van der Waals surface area contributed by atoms with Crippen molar-refractivity contribution in [2.24, 2.45) is 0 Å². The molecule has 0 aliphatic rings. The summed E-state index contributed by atoms with van der Waals surface area (Å²) in [6.07, 6.45) is 3.85. The minimum Gasteiger partial charge on any atom is -0.345 e. The lowest BCUT2D eigenvalue weighted by Crippen LogP contribution is -2.31. The van der Waals surface area contributed by atoms with Crippen LogP contribution >= 0.6 is 11.3 Å². The Morgan fingerprint density at radius 2 is 2.12 bits per heavy atom. The molecule has 0 aliphatic heterocycles. The number of hydrogen-bond acceptors (Lipinski definition) is 2. The van der Waals surface area contributed by atoms with Crippen LogP contribution < -0.4 is 0 Å². The number of hydrogen-bond donors (Lipinski definition) is 0. The first-order valence-corrected chi connectivity index (χ1v) is 9.18. The van der Waals surface area contributed by atoms with Gasteiger partial charge in [0, 0.05) is 25.0 Å². The molecule has 0 unspecified atom stereocenters. The summed E-state index contributed by atoms with van der Waals surface area (Å²) in [5, 5.41) is 1.93. The largest absolute Gasteiger partial charge is 0.345 e. The molecule has 0 N–H and O–H groups in total. The highest BCUT2D eigenvalue weighted by molar-refractivity contribution is 7.12. The number of amides is 1. The van der Waals surface area contributed by atoms with E-state index in [9.17, 15) is 4.79 Å². The van der Waals surface area contributed by atoms with Crippen LogP contribution in [-0.2, 0) is 13.1 Å². The monoisotopic (exact) mass is 350 g/mol. The van der Waals surface area contributed by atoms with Gasteiger partial charge < -0.3 is 9.47 Å². The van der Waals surface area contributed by atoms with Crippen LogP contribution in [0.5, 0.6) is 0 Å². The molecule has 0 bridgehead atoms. The molecule has 0 fully saturated rings. The van der Waals surface area contributed by atoms with E-state index in [2.05, 4.69) is 54.6 Å². The normalized spacial score (nSPS) is 10.6. The first kappa shape index (κ1) is 17.2. The van der Waals surface area contributed by atoms with Crippen LogP contribution in [0.15, 0.2) is 72.8 Å². The van der Waals surface area contributed by atoms with Gasteiger partial charge in [-0.15, -0.1) is 17.9 Å². The third-order valence-electron chi connectivity index (χ3n) is 4.08. The van der Waals surface area contributed by atoms with E-state index in [-0.39, 0.29) is 5.91 Å². The maximum absolute atomic E-state index is 12.7. The van der Waals surface area contributed by atoms with Crippen LogP contribution in [0.3, 0.4) is 0 Å². The zero-order chi connectivity index (χ0) is 17.6. The molecule has 0 saturated carbocycles. The quantitative estimate of drug-likeness (QED) is 0.565. The molecule has 0 spiro atoms. The minimum atomic E-state index is 0.0539. The number of thiophene rings is 1. The Bertz CT molecular complexity index is 848. The number of carbonyl (C=O) groups is 1. The van der Waals surface area contributed by atoms with Crippen molar-refractivity contribution in [2.75, 3.05) is 6.54 Å². The maximum Gasteiger partial charge on any atom is 0.264 e. The molecule has 4 heteroatoms. The molecule has 0 radical (unpaired) electrons. The molecule has 2 heterocycles. The van der Waals surface area contributed by atoms with Gasteiger partial charge >= 0.3 is 0 Å². The molecule has 25 heavy (non-hydrogen) atoms. The Morgan fingerprint density at radius 1 is 1.24 bits per heavy atom. The first-order valence-electron chi connectivity index (χ1n) is 8.30. The highest BCUT2D eigenvalue weighted by Crippen LogP contribution is 2.16. The van der Waals surface area contributed by atoms with E-state index in [0.717, 1.165) is 17.1 Å². The lowest BCUT2D eigenvalue weighted by Gasteiger charge is -2.21. The second-order valence-electron chi connectivity index (χ2n) is 6.07. The number of aryl methyl sites for hydroxylation is 1. The molecule has 3 aromatic rings. The second kappa shape index (κ2) is 7.99. The SMILES string of the molecule is C=CCN(Cc1cccn1Cc1cccc(C)c1)C(=O)c1cccs1. The predicted molar refractivity (Wildman–Crippen MR) is 104 cm³/mol. The standard InChI is InChI=1S/C21H22N2OS/c1-3-11-23(21(24)20-10-6-13-25-20)16-19-9-5-12-22(19)15-18-8-4-7-17(2)14-18/h3-10,12-14H,1,11,15-16H2,2H3. The van der Waals surface area contributed by atoms with Gasteiger partial charge in [0.1, 0.15) is 0 Å². The molecule has 0 atom stereocenters. The van der Waals surface area contributed by atoms with Crippen LogP contribution in [0.25, 0.3) is 0 Å². The Hall–Kier alpha value is -2.59. The first-order chi connectivity index (χ1) is 12.2. The number of carbonyl (C=O) groups excluding carboxylic acids is 1. The van der Waals surface area contributed by atoms with Crippen molar-refractivity contribution >= 4 is 17.2 Å². The van der Waals surface area contributed by atoms with Crippen molar-refractivity contribution in [2.45, 2.75) is 20.0 Å². The molecule has 0 saturated heterocycles. The van der Waals surface area contributed by atoms with Gasteiger partial charge in [0.05, 0.1) is 11.4 Å². The molecule has 0 aliphatic carbocycles. The van der Waals surface area contributed by atoms with Crippen molar-refractivity contribution in [3.63, 3.8) is 0 Å². The highest BCUT2D eigenvalue weighted by atomic mass is 32.1. The minimum absolute atomic E-state index is 0.0539. The van der Waals surface area contributed by atoms with E-state index in [4.69, 9.17) is 0 Å². The third kappa shape index (κ3) is 4.28. The second-order valence-corrected chi connectivity index (χ2v) is 7.02. The zero-order valence-corrected chi connectivity index (χ0v) is 15.2. The lowest BCUT2D eigenvalue weighted by molar-refractivity contribution is 0.0764. The summed E-state index contributed by atoms with van der Waals surface area (Å²) in [7, 11) is 0. The molecular formula is C21H22N2OS. The highest BCUT2D eigenvalue weighted by Gasteiger charge is 2.17. The predicted octanol–water partition coefficient (Wildman–Crippen LogP) is 4.73. The van der Waals surface area contributed by atoms with Gasteiger partial charge in [0.2, 0.25) is 0 Å². The average Bonchev–Trinajstić information content (AvgIpc) is 3.26. The van der Waals surface area contributed by atoms with Crippen LogP contribution in [0.2, 0.25) is 0 Å². The lowest BCUT2D eigenvalue weighted by atomic mass is 10.1. The summed E-state index contributed by atoms with van der Waals surface area (Å²) in [5.41, 5.74) is 3.64. The Balaban J connectivity index is 1.78. The van der Waals surface area contributed by atoms with Gasteiger partial charge in [-0.05, 0) is 36.1 Å². The summed E-state index contributed by atoms with van der Waals surface area (Å²) >= 11 is 1.47. The topological polar surface area (TPSA) is 25.2 Å². The van der Waals surface area contributed by atoms with E-state index >= 15 is 0 Å². The van der Waals surface area contributed by atoms with Gasteiger partial charge in [-0.3, -0.25) is 4.79 Å². The molecule has 3 nitrogen and oxygen atoms in total. The fraction of sp³-hybridized carbons (Fsp3) is 0.190. The number of nitrogens with zero attached hydrogens (tertiary/aromatic N) is 2. The van der Waals surface area contributed by atoms with E-state index in [0.29, 0.717) is 13.1 Å². The summed E-state index contributed by atoms with van der Waals surface area (Å²) in [6, 6.07) is 16.4. The maximum atomic E-state index is 12.7. The molecule has 1 amide bonds. The van der Waals surface area contributed by atoms with Crippen LogP contribution in [0.1, 0.15) is 26.5 Å².